The minimum Gasteiger partial charge on any atom is -0.492 e. The number of benzene rings is 1. The van der Waals surface area contributed by atoms with Gasteiger partial charge in [-0.05, 0) is 43.4 Å². The molecule has 0 bridgehead atoms. The van der Waals surface area contributed by atoms with E-state index in [0.717, 1.165) is 18.4 Å². The zero-order valence-electron chi connectivity index (χ0n) is 9.14. The molecular weight excluding hydrogens is 226 g/mol. The molecule has 0 saturated heterocycles. The van der Waals surface area contributed by atoms with Gasteiger partial charge in [0.25, 0.3) is 0 Å². The Kier molecular flexibility index (Phi) is 2.90. The van der Waals surface area contributed by atoms with Crippen LogP contribution in [0.25, 0.3) is 0 Å². The first-order valence-electron chi connectivity index (χ1n) is 5.32. The maximum atomic E-state index is 11.4. The third kappa shape index (κ3) is 2.36. The fraction of sp³-hybridized carbons (Fsp3) is 0.455. The standard InChI is InChI=1S/C11H15NO3S/c1-2-15-10-6-5-9(8-3-4-8)7-11(10)16(12,13)14/h5-8H,2-4H2,1H3,(H2,12,13,14). The lowest BCUT2D eigenvalue weighted by molar-refractivity contribution is 0.331. The molecule has 0 atom stereocenters. The third-order valence-electron chi connectivity index (χ3n) is 2.62. The van der Waals surface area contributed by atoms with Gasteiger partial charge in [0.1, 0.15) is 10.6 Å². The summed E-state index contributed by atoms with van der Waals surface area (Å²) in [5.74, 6) is 0.838. The Morgan fingerprint density at radius 3 is 2.62 bits per heavy atom. The van der Waals surface area contributed by atoms with Crippen molar-refractivity contribution in [1.29, 1.82) is 0 Å². The first-order valence-corrected chi connectivity index (χ1v) is 6.86. The summed E-state index contributed by atoms with van der Waals surface area (Å²) in [6, 6.07) is 5.24. The maximum Gasteiger partial charge on any atom is 0.241 e. The first kappa shape index (κ1) is 11.4. The van der Waals surface area contributed by atoms with Crippen LogP contribution in [0.1, 0.15) is 31.2 Å². The zero-order valence-corrected chi connectivity index (χ0v) is 9.96. The van der Waals surface area contributed by atoms with Crippen LogP contribution in [0.3, 0.4) is 0 Å². The van der Waals surface area contributed by atoms with E-state index >= 15 is 0 Å². The van der Waals surface area contributed by atoms with Gasteiger partial charge in [-0.1, -0.05) is 6.07 Å². The second-order valence-electron chi connectivity index (χ2n) is 3.96. The summed E-state index contributed by atoms with van der Waals surface area (Å²) in [6.07, 6.45) is 2.25. The molecule has 2 N–H and O–H groups in total. The number of sulfonamides is 1. The average Bonchev–Trinajstić information content (AvgIpc) is 3.00. The highest BCUT2D eigenvalue weighted by Gasteiger charge is 2.26. The van der Waals surface area contributed by atoms with Gasteiger partial charge in [-0.2, -0.15) is 0 Å². The summed E-state index contributed by atoms with van der Waals surface area (Å²) in [6.45, 7) is 2.23. The van der Waals surface area contributed by atoms with Crippen molar-refractivity contribution in [1.82, 2.24) is 0 Å². The Morgan fingerprint density at radius 2 is 2.12 bits per heavy atom. The number of hydrogen-bond donors (Lipinski definition) is 1. The first-order chi connectivity index (χ1) is 7.52. The van der Waals surface area contributed by atoms with Crippen molar-refractivity contribution in [3.63, 3.8) is 0 Å². The van der Waals surface area contributed by atoms with Crippen LogP contribution in [-0.4, -0.2) is 15.0 Å². The Balaban J connectivity index is 2.46. The van der Waals surface area contributed by atoms with E-state index in [9.17, 15) is 8.42 Å². The Hall–Kier alpha value is -1.07. The van der Waals surface area contributed by atoms with Crippen molar-refractivity contribution in [2.24, 2.45) is 5.14 Å². The normalized spacial score (nSPS) is 16.1. The van der Waals surface area contributed by atoms with Crippen LogP contribution in [0.2, 0.25) is 0 Å². The lowest BCUT2D eigenvalue weighted by Crippen LogP contribution is -2.14. The van der Waals surface area contributed by atoms with Gasteiger partial charge in [0, 0.05) is 0 Å². The Bertz CT molecular complexity index is 492. The molecule has 5 heteroatoms. The minimum absolute atomic E-state index is 0.0961. The number of primary sulfonamides is 1. The minimum atomic E-state index is -3.71. The van der Waals surface area contributed by atoms with Crippen LogP contribution < -0.4 is 9.88 Å². The molecule has 1 aliphatic carbocycles. The van der Waals surface area contributed by atoms with E-state index in [1.54, 1.807) is 12.1 Å². The van der Waals surface area contributed by atoms with E-state index in [2.05, 4.69) is 0 Å². The van der Waals surface area contributed by atoms with Gasteiger partial charge in [-0.25, -0.2) is 13.6 Å². The number of rotatable bonds is 4. The van der Waals surface area contributed by atoms with Gasteiger partial charge in [-0.3, -0.25) is 0 Å². The lowest BCUT2D eigenvalue weighted by atomic mass is 10.1. The highest BCUT2D eigenvalue weighted by molar-refractivity contribution is 7.89. The molecule has 0 radical (unpaired) electrons. The molecular formula is C11H15NO3S. The quantitative estimate of drug-likeness (QED) is 0.870. The average molecular weight is 241 g/mol. The van der Waals surface area contributed by atoms with Gasteiger partial charge in [0.05, 0.1) is 6.61 Å². The molecule has 88 valence electrons. The summed E-state index contributed by atoms with van der Waals surface area (Å²) in [5.41, 5.74) is 1.03. The molecule has 16 heavy (non-hydrogen) atoms. The van der Waals surface area contributed by atoms with Gasteiger partial charge in [-0.15, -0.1) is 0 Å². The van der Waals surface area contributed by atoms with Crippen molar-refractivity contribution < 1.29 is 13.2 Å². The molecule has 0 spiro atoms. The van der Waals surface area contributed by atoms with Crippen LogP contribution >= 0.6 is 0 Å². The molecule has 1 fully saturated rings. The molecule has 2 rings (SSSR count). The van der Waals surface area contributed by atoms with E-state index in [0.29, 0.717) is 18.3 Å². The van der Waals surface area contributed by atoms with Gasteiger partial charge >= 0.3 is 0 Å². The molecule has 1 aromatic carbocycles. The molecule has 4 nitrogen and oxygen atoms in total. The lowest BCUT2D eigenvalue weighted by Gasteiger charge is -2.10. The van der Waals surface area contributed by atoms with Gasteiger partial charge in [0.15, 0.2) is 0 Å². The van der Waals surface area contributed by atoms with Gasteiger partial charge < -0.3 is 4.74 Å². The summed E-state index contributed by atoms with van der Waals surface area (Å²) < 4.78 is 28.1. The van der Waals surface area contributed by atoms with Crippen LogP contribution in [0.5, 0.6) is 5.75 Å². The Morgan fingerprint density at radius 1 is 1.44 bits per heavy atom. The fourth-order valence-electron chi connectivity index (χ4n) is 1.69. The topological polar surface area (TPSA) is 69.4 Å². The van der Waals surface area contributed by atoms with Crippen molar-refractivity contribution in [2.75, 3.05) is 6.61 Å². The van der Waals surface area contributed by atoms with Crippen molar-refractivity contribution in [3.8, 4) is 5.75 Å². The molecule has 1 aromatic rings. The predicted octanol–water partition coefficient (Wildman–Crippen LogP) is 1.61. The van der Waals surface area contributed by atoms with Crippen molar-refractivity contribution in [3.05, 3.63) is 23.8 Å². The second kappa shape index (κ2) is 4.07. The third-order valence-corrected chi connectivity index (χ3v) is 3.55. The zero-order chi connectivity index (χ0) is 11.8. The van der Waals surface area contributed by atoms with Crippen LogP contribution in [-0.2, 0) is 10.0 Å². The summed E-state index contributed by atoms with van der Waals surface area (Å²) >= 11 is 0. The molecule has 1 saturated carbocycles. The highest BCUT2D eigenvalue weighted by atomic mass is 32.2. The van der Waals surface area contributed by atoms with E-state index in [4.69, 9.17) is 9.88 Å². The predicted molar refractivity (Wildman–Crippen MR) is 61.0 cm³/mol. The Labute approximate surface area is 95.5 Å². The van der Waals surface area contributed by atoms with Crippen LogP contribution in [0, 0.1) is 0 Å². The van der Waals surface area contributed by atoms with E-state index in [1.165, 1.54) is 0 Å². The second-order valence-corrected chi connectivity index (χ2v) is 5.49. The highest BCUT2D eigenvalue weighted by Crippen LogP contribution is 2.41. The summed E-state index contributed by atoms with van der Waals surface area (Å²) in [4.78, 5) is 0.0961. The summed E-state index contributed by atoms with van der Waals surface area (Å²) in [5, 5.41) is 5.17. The van der Waals surface area contributed by atoms with E-state index < -0.39 is 10.0 Å². The number of ether oxygens (including phenoxy) is 1. The molecule has 0 aromatic heterocycles. The molecule has 0 aliphatic heterocycles. The van der Waals surface area contributed by atoms with E-state index in [1.807, 2.05) is 13.0 Å². The molecule has 0 amide bonds. The number of nitrogens with two attached hydrogens (primary N) is 1. The van der Waals surface area contributed by atoms with Crippen molar-refractivity contribution >= 4 is 10.0 Å². The van der Waals surface area contributed by atoms with Crippen LogP contribution in [0.4, 0.5) is 0 Å². The molecule has 1 aliphatic rings. The van der Waals surface area contributed by atoms with Crippen molar-refractivity contribution in [2.45, 2.75) is 30.6 Å². The maximum absolute atomic E-state index is 11.4. The number of hydrogen-bond acceptors (Lipinski definition) is 3. The van der Waals surface area contributed by atoms with Gasteiger partial charge in [0.2, 0.25) is 10.0 Å². The van der Waals surface area contributed by atoms with E-state index in [-0.39, 0.29) is 4.90 Å². The smallest absolute Gasteiger partial charge is 0.241 e. The molecule has 0 unspecified atom stereocenters. The fourth-order valence-corrected chi connectivity index (χ4v) is 2.40. The monoisotopic (exact) mass is 241 g/mol. The summed E-state index contributed by atoms with van der Waals surface area (Å²) in [7, 11) is -3.71. The van der Waals surface area contributed by atoms with Crippen LogP contribution in [0.15, 0.2) is 23.1 Å². The molecule has 0 heterocycles. The largest absolute Gasteiger partial charge is 0.492 e. The SMILES string of the molecule is CCOc1ccc(C2CC2)cc1S(N)(=O)=O.